The fraction of sp³-hybridized carbons (Fsp3) is 0.375. The third-order valence-corrected chi connectivity index (χ3v) is 5.68. The molecule has 1 fully saturated rings. The van der Waals surface area contributed by atoms with Gasteiger partial charge in [-0.25, -0.2) is 9.18 Å². The second-order valence-corrected chi connectivity index (χ2v) is 6.89. The van der Waals surface area contributed by atoms with Crippen LogP contribution in [0, 0.1) is 12.7 Å². The van der Waals surface area contributed by atoms with Gasteiger partial charge in [0.1, 0.15) is 11.4 Å². The van der Waals surface area contributed by atoms with Crippen LogP contribution in [0.1, 0.15) is 35.0 Å². The van der Waals surface area contributed by atoms with Crippen LogP contribution in [0.3, 0.4) is 0 Å². The van der Waals surface area contributed by atoms with E-state index >= 15 is 0 Å². The molecule has 3 rings (SSSR count). The lowest BCUT2D eigenvalue weighted by Crippen LogP contribution is -2.50. The van der Waals surface area contributed by atoms with Crippen LogP contribution in [0.5, 0.6) is 0 Å². The number of aliphatic carboxylic acids is 1. The Balaban J connectivity index is 2.06. The number of hydrogen-bond donors (Lipinski definition) is 1. The van der Waals surface area contributed by atoms with E-state index < -0.39 is 11.5 Å². The number of carboxylic acid groups (broad SMARTS) is 1. The van der Waals surface area contributed by atoms with Gasteiger partial charge >= 0.3 is 5.97 Å². The molecule has 1 atom stereocenters. The van der Waals surface area contributed by atoms with Crippen molar-refractivity contribution in [2.24, 2.45) is 0 Å². The summed E-state index contributed by atoms with van der Waals surface area (Å²) in [4.78, 5) is 26.3. The minimum atomic E-state index is -1.16. The van der Waals surface area contributed by atoms with Gasteiger partial charge < -0.3 is 10.0 Å². The van der Waals surface area contributed by atoms with E-state index in [1.807, 2.05) is 6.92 Å². The molecule has 0 spiro atoms. The van der Waals surface area contributed by atoms with Crippen LogP contribution in [0.2, 0.25) is 0 Å². The highest BCUT2D eigenvalue weighted by Crippen LogP contribution is 2.36. The topological polar surface area (TPSA) is 57.6 Å². The summed E-state index contributed by atoms with van der Waals surface area (Å²) in [5.41, 5.74) is -0.380. The minimum absolute atomic E-state index is 0.276. The predicted octanol–water partition coefficient (Wildman–Crippen LogP) is 3.43. The number of thiophene rings is 1. The van der Waals surface area contributed by atoms with Crippen molar-refractivity contribution < 1.29 is 19.1 Å². The number of aryl methyl sites for hydroxylation is 1. The molecule has 0 radical (unpaired) electrons. The zero-order chi connectivity index (χ0) is 16.1. The Bertz CT molecular complexity index is 785. The van der Waals surface area contributed by atoms with Gasteiger partial charge in [-0.05, 0) is 49.8 Å². The highest BCUT2D eigenvalue weighted by molar-refractivity contribution is 7.21. The molecule has 22 heavy (non-hydrogen) atoms. The van der Waals surface area contributed by atoms with Crippen molar-refractivity contribution in [1.29, 1.82) is 0 Å². The van der Waals surface area contributed by atoms with Gasteiger partial charge in [-0.15, -0.1) is 11.3 Å². The number of likely N-dealkylation sites (tertiary alicyclic amines) is 1. The maximum Gasteiger partial charge on any atom is 0.329 e. The van der Waals surface area contributed by atoms with Crippen LogP contribution >= 0.6 is 11.3 Å². The van der Waals surface area contributed by atoms with Gasteiger partial charge in [-0.2, -0.15) is 0 Å². The lowest BCUT2D eigenvalue weighted by molar-refractivity contribution is -0.147. The fourth-order valence-corrected chi connectivity index (χ4v) is 4.22. The van der Waals surface area contributed by atoms with Crippen LogP contribution in [0.15, 0.2) is 18.2 Å². The molecule has 2 heterocycles. The summed E-state index contributed by atoms with van der Waals surface area (Å²) in [6.45, 7) is 3.84. The highest BCUT2D eigenvalue weighted by atomic mass is 32.1. The second kappa shape index (κ2) is 5.05. The third-order valence-electron chi connectivity index (χ3n) is 4.44. The Labute approximate surface area is 131 Å². The maximum absolute atomic E-state index is 13.3. The van der Waals surface area contributed by atoms with E-state index in [2.05, 4.69) is 0 Å². The van der Waals surface area contributed by atoms with E-state index in [0.29, 0.717) is 29.0 Å². The Morgan fingerprint density at radius 1 is 1.41 bits per heavy atom. The predicted molar refractivity (Wildman–Crippen MR) is 82.8 cm³/mol. The normalized spacial score (nSPS) is 21.5. The number of halogens is 1. The SMILES string of the molecule is Cc1c(C(=O)N2CCCC2(C)C(=O)O)sc2cc(F)ccc12. The number of fused-ring (bicyclic) bond motifs is 1. The molecule has 1 unspecified atom stereocenters. The first-order chi connectivity index (χ1) is 10.3. The monoisotopic (exact) mass is 321 g/mol. The van der Waals surface area contributed by atoms with Crippen molar-refractivity contribution in [3.63, 3.8) is 0 Å². The first kappa shape index (κ1) is 15.0. The lowest BCUT2D eigenvalue weighted by atomic mass is 9.99. The molecular formula is C16H16FNO3S. The highest BCUT2D eigenvalue weighted by Gasteiger charge is 2.46. The van der Waals surface area contributed by atoms with Crippen LogP contribution in [-0.2, 0) is 4.79 Å². The number of nitrogens with zero attached hydrogens (tertiary/aromatic N) is 1. The van der Waals surface area contributed by atoms with Crippen molar-refractivity contribution in [2.75, 3.05) is 6.54 Å². The van der Waals surface area contributed by atoms with Gasteiger partial charge in [0.05, 0.1) is 4.88 Å². The van der Waals surface area contributed by atoms with Gasteiger partial charge in [0, 0.05) is 11.2 Å². The minimum Gasteiger partial charge on any atom is -0.480 e. The number of carbonyl (C=O) groups excluding carboxylic acids is 1. The van der Waals surface area contributed by atoms with Gasteiger partial charge in [-0.1, -0.05) is 6.07 Å². The average Bonchev–Trinajstić information content (AvgIpc) is 3.00. The molecule has 0 saturated carbocycles. The zero-order valence-corrected chi connectivity index (χ0v) is 13.2. The van der Waals surface area contributed by atoms with Crippen LogP contribution < -0.4 is 0 Å². The Hall–Kier alpha value is -1.95. The Kier molecular flexibility index (Phi) is 3.44. The van der Waals surface area contributed by atoms with Gasteiger partial charge in [0.25, 0.3) is 5.91 Å². The summed E-state index contributed by atoms with van der Waals surface area (Å²) in [6, 6.07) is 4.44. The summed E-state index contributed by atoms with van der Waals surface area (Å²) in [5.74, 6) is -1.60. The Morgan fingerprint density at radius 2 is 2.14 bits per heavy atom. The van der Waals surface area contributed by atoms with Crippen LogP contribution in [0.4, 0.5) is 4.39 Å². The summed E-state index contributed by atoms with van der Waals surface area (Å²) in [6.07, 6.45) is 1.12. The van der Waals surface area contributed by atoms with Crippen molar-refractivity contribution in [3.8, 4) is 0 Å². The molecule has 4 nitrogen and oxygen atoms in total. The van der Waals surface area contributed by atoms with Crippen molar-refractivity contribution in [2.45, 2.75) is 32.2 Å². The molecule has 1 aromatic carbocycles. The molecule has 1 aromatic heterocycles. The molecule has 116 valence electrons. The molecule has 1 aliphatic rings. The summed E-state index contributed by atoms with van der Waals surface area (Å²) >= 11 is 1.22. The molecule has 6 heteroatoms. The average molecular weight is 321 g/mol. The van der Waals surface area contributed by atoms with E-state index in [1.165, 1.54) is 28.4 Å². The Morgan fingerprint density at radius 3 is 2.82 bits per heavy atom. The molecule has 1 aliphatic heterocycles. The van der Waals surface area contributed by atoms with E-state index in [4.69, 9.17) is 0 Å². The number of rotatable bonds is 2. The number of amides is 1. The summed E-state index contributed by atoms with van der Waals surface area (Å²) in [7, 11) is 0. The molecular weight excluding hydrogens is 305 g/mol. The number of carboxylic acids is 1. The summed E-state index contributed by atoms with van der Waals surface area (Å²) < 4.78 is 14.0. The number of carbonyl (C=O) groups is 2. The van der Waals surface area contributed by atoms with Gasteiger partial charge in [0.2, 0.25) is 0 Å². The maximum atomic E-state index is 13.3. The van der Waals surface area contributed by atoms with Crippen molar-refractivity contribution in [3.05, 3.63) is 34.5 Å². The largest absolute Gasteiger partial charge is 0.480 e. The molecule has 0 bridgehead atoms. The molecule has 2 aromatic rings. The van der Waals surface area contributed by atoms with E-state index in [-0.39, 0.29) is 11.7 Å². The van der Waals surface area contributed by atoms with Crippen LogP contribution in [-0.4, -0.2) is 34.0 Å². The first-order valence-corrected chi connectivity index (χ1v) is 7.90. The van der Waals surface area contributed by atoms with Gasteiger partial charge in [-0.3, -0.25) is 4.79 Å². The fourth-order valence-electron chi connectivity index (χ4n) is 3.04. The van der Waals surface area contributed by atoms with Crippen molar-refractivity contribution in [1.82, 2.24) is 4.90 Å². The zero-order valence-electron chi connectivity index (χ0n) is 12.4. The number of hydrogen-bond acceptors (Lipinski definition) is 3. The molecule has 1 amide bonds. The van der Waals surface area contributed by atoms with E-state index in [1.54, 1.807) is 13.0 Å². The first-order valence-electron chi connectivity index (χ1n) is 7.08. The molecule has 1 N–H and O–H groups in total. The van der Waals surface area contributed by atoms with E-state index in [9.17, 15) is 19.1 Å². The smallest absolute Gasteiger partial charge is 0.329 e. The third kappa shape index (κ3) is 2.09. The standard InChI is InChI=1S/C16H16FNO3S/c1-9-11-5-4-10(17)8-12(11)22-13(9)14(19)18-7-3-6-16(18,2)15(20)21/h4-5,8H,3,6-7H2,1-2H3,(H,20,21). The van der Waals surface area contributed by atoms with E-state index in [0.717, 1.165) is 10.9 Å². The quantitative estimate of drug-likeness (QED) is 0.922. The molecule has 0 aliphatic carbocycles. The second-order valence-electron chi connectivity index (χ2n) is 5.84. The lowest BCUT2D eigenvalue weighted by Gasteiger charge is -2.31. The van der Waals surface area contributed by atoms with Gasteiger partial charge in [0.15, 0.2) is 0 Å². The van der Waals surface area contributed by atoms with Crippen molar-refractivity contribution >= 4 is 33.3 Å². The van der Waals surface area contributed by atoms with Crippen LogP contribution in [0.25, 0.3) is 10.1 Å². The molecule has 1 saturated heterocycles. The number of benzene rings is 1. The summed E-state index contributed by atoms with van der Waals surface area (Å²) in [5, 5.41) is 10.3.